The first-order chi connectivity index (χ1) is 5.07. The maximum Gasteiger partial charge on any atom is 0.305 e. The highest BCUT2D eigenvalue weighted by Crippen LogP contribution is 1.96. The van der Waals surface area contributed by atoms with E-state index >= 15 is 0 Å². The number of ether oxygens (including phenoxy) is 1. The van der Waals surface area contributed by atoms with E-state index in [1.54, 1.807) is 0 Å². The van der Waals surface area contributed by atoms with Gasteiger partial charge in [-0.15, -0.1) is 0 Å². The summed E-state index contributed by atoms with van der Waals surface area (Å²) in [5, 5.41) is 0. The second-order valence-corrected chi connectivity index (χ2v) is 2.33. The average molecular weight is 159 g/mol. The lowest BCUT2D eigenvalue weighted by Crippen LogP contribution is -2.28. The molecular formula is C7H13NO3. The van der Waals surface area contributed by atoms with Crippen LogP contribution in [0, 0.1) is 0 Å². The summed E-state index contributed by atoms with van der Waals surface area (Å²) in [5.41, 5.74) is 5.36. The summed E-state index contributed by atoms with van der Waals surface area (Å²) < 4.78 is 4.37. The zero-order chi connectivity index (χ0) is 8.85. The monoisotopic (exact) mass is 159 g/mol. The van der Waals surface area contributed by atoms with Gasteiger partial charge in [-0.25, -0.2) is 0 Å². The number of Topliss-reactive ketones (excluding diaryl/α,β-unsaturated/α-hetero) is 1. The molecule has 0 aliphatic carbocycles. The quantitative estimate of drug-likeness (QED) is 0.579. The molecule has 0 rings (SSSR count). The summed E-state index contributed by atoms with van der Waals surface area (Å²) >= 11 is 0. The predicted molar refractivity (Wildman–Crippen MR) is 39.9 cm³/mol. The van der Waals surface area contributed by atoms with Gasteiger partial charge in [-0.3, -0.25) is 9.59 Å². The van der Waals surface area contributed by atoms with Crippen LogP contribution in [0.2, 0.25) is 0 Å². The SMILES string of the molecule is COC(=O)CC[C@H](N)C(C)=O. The maximum atomic E-state index is 10.6. The Labute approximate surface area is 65.7 Å². The van der Waals surface area contributed by atoms with Crippen LogP contribution in [-0.2, 0) is 14.3 Å². The van der Waals surface area contributed by atoms with Gasteiger partial charge < -0.3 is 10.5 Å². The largest absolute Gasteiger partial charge is 0.469 e. The topological polar surface area (TPSA) is 69.4 Å². The van der Waals surface area contributed by atoms with Crippen LogP contribution in [0.5, 0.6) is 0 Å². The van der Waals surface area contributed by atoms with Crippen molar-refractivity contribution in [1.29, 1.82) is 0 Å². The highest BCUT2D eigenvalue weighted by Gasteiger charge is 2.10. The molecule has 0 amide bonds. The van der Waals surface area contributed by atoms with E-state index in [0.29, 0.717) is 6.42 Å². The van der Waals surface area contributed by atoms with Crippen LogP contribution in [0.15, 0.2) is 0 Å². The van der Waals surface area contributed by atoms with Gasteiger partial charge in [0, 0.05) is 6.42 Å². The number of ketones is 1. The number of carbonyl (C=O) groups excluding carboxylic acids is 2. The van der Waals surface area contributed by atoms with E-state index in [1.165, 1.54) is 14.0 Å². The third kappa shape index (κ3) is 4.50. The third-order valence-electron chi connectivity index (χ3n) is 1.41. The molecule has 0 saturated heterocycles. The number of rotatable bonds is 4. The molecule has 0 unspecified atom stereocenters. The number of hydrogen-bond donors (Lipinski definition) is 1. The minimum Gasteiger partial charge on any atom is -0.469 e. The fourth-order valence-corrected chi connectivity index (χ4v) is 0.579. The second kappa shape index (κ2) is 4.85. The fourth-order valence-electron chi connectivity index (χ4n) is 0.579. The molecule has 4 nitrogen and oxygen atoms in total. The van der Waals surface area contributed by atoms with Gasteiger partial charge in [0.2, 0.25) is 0 Å². The summed E-state index contributed by atoms with van der Waals surface area (Å²) in [6.07, 6.45) is 0.569. The van der Waals surface area contributed by atoms with Crippen LogP contribution >= 0.6 is 0 Å². The minimum absolute atomic E-state index is 0.103. The molecular weight excluding hydrogens is 146 g/mol. The lowest BCUT2D eigenvalue weighted by atomic mass is 10.1. The highest BCUT2D eigenvalue weighted by molar-refractivity contribution is 5.81. The van der Waals surface area contributed by atoms with Crippen molar-refractivity contribution in [2.45, 2.75) is 25.8 Å². The Morgan fingerprint density at radius 1 is 1.55 bits per heavy atom. The molecule has 0 fully saturated rings. The number of methoxy groups -OCH3 is 1. The van der Waals surface area contributed by atoms with Crippen molar-refractivity contribution in [2.75, 3.05) is 7.11 Å². The number of hydrogen-bond acceptors (Lipinski definition) is 4. The van der Waals surface area contributed by atoms with Crippen molar-refractivity contribution < 1.29 is 14.3 Å². The zero-order valence-electron chi connectivity index (χ0n) is 6.79. The number of carbonyl (C=O) groups is 2. The van der Waals surface area contributed by atoms with E-state index in [0.717, 1.165) is 0 Å². The van der Waals surface area contributed by atoms with E-state index < -0.39 is 6.04 Å². The summed E-state index contributed by atoms with van der Waals surface area (Å²) in [4.78, 5) is 21.1. The van der Waals surface area contributed by atoms with Crippen LogP contribution in [0.25, 0.3) is 0 Å². The molecule has 11 heavy (non-hydrogen) atoms. The molecule has 0 bridgehead atoms. The second-order valence-electron chi connectivity index (χ2n) is 2.33. The van der Waals surface area contributed by atoms with Gasteiger partial charge >= 0.3 is 5.97 Å². The molecule has 0 aliphatic rings. The standard InChI is InChI=1S/C7H13NO3/c1-5(9)6(8)3-4-7(10)11-2/h6H,3-4,8H2,1-2H3/t6-/m0/s1. The van der Waals surface area contributed by atoms with Gasteiger partial charge in [-0.05, 0) is 13.3 Å². The summed E-state index contributed by atoms with van der Waals surface area (Å²) in [6, 6.07) is -0.533. The molecule has 0 aliphatic heterocycles. The van der Waals surface area contributed by atoms with E-state index in [9.17, 15) is 9.59 Å². The molecule has 0 aromatic heterocycles. The van der Waals surface area contributed by atoms with Gasteiger partial charge in [0.25, 0.3) is 0 Å². The molecule has 0 radical (unpaired) electrons. The average Bonchev–Trinajstić information content (AvgIpc) is 1.99. The molecule has 0 saturated carbocycles. The maximum absolute atomic E-state index is 10.6. The van der Waals surface area contributed by atoms with Crippen molar-refractivity contribution in [2.24, 2.45) is 5.73 Å². The highest BCUT2D eigenvalue weighted by atomic mass is 16.5. The van der Waals surface area contributed by atoms with Gasteiger partial charge in [0.15, 0.2) is 0 Å². The Hall–Kier alpha value is -0.900. The molecule has 2 N–H and O–H groups in total. The van der Waals surface area contributed by atoms with Crippen LogP contribution < -0.4 is 5.73 Å². The molecule has 64 valence electrons. The predicted octanol–water partition coefficient (Wildman–Crippen LogP) is -0.144. The van der Waals surface area contributed by atoms with Crippen LogP contribution in [-0.4, -0.2) is 24.9 Å². The molecule has 0 heterocycles. The molecule has 0 aromatic carbocycles. The minimum atomic E-state index is -0.533. The molecule has 0 aromatic rings. The normalized spacial score (nSPS) is 12.3. The first-order valence-corrected chi connectivity index (χ1v) is 3.40. The Morgan fingerprint density at radius 2 is 2.09 bits per heavy atom. The van der Waals surface area contributed by atoms with Crippen LogP contribution in [0.1, 0.15) is 19.8 Å². The van der Waals surface area contributed by atoms with Gasteiger partial charge in [0.05, 0.1) is 13.2 Å². The smallest absolute Gasteiger partial charge is 0.305 e. The first-order valence-electron chi connectivity index (χ1n) is 3.40. The van der Waals surface area contributed by atoms with Crippen molar-refractivity contribution in [1.82, 2.24) is 0 Å². The number of nitrogens with two attached hydrogens (primary N) is 1. The van der Waals surface area contributed by atoms with E-state index in [4.69, 9.17) is 5.73 Å². The Morgan fingerprint density at radius 3 is 2.45 bits per heavy atom. The first kappa shape index (κ1) is 10.1. The van der Waals surface area contributed by atoms with Crippen LogP contribution in [0.3, 0.4) is 0 Å². The lowest BCUT2D eigenvalue weighted by Gasteiger charge is -2.04. The van der Waals surface area contributed by atoms with Crippen LogP contribution in [0.4, 0.5) is 0 Å². The summed E-state index contributed by atoms with van der Waals surface area (Å²) in [6.45, 7) is 1.40. The zero-order valence-corrected chi connectivity index (χ0v) is 6.79. The molecule has 1 atom stereocenters. The third-order valence-corrected chi connectivity index (χ3v) is 1.41. The summed E-state index contributed by atoms with van der Waals surface area (Å²) in [7, 11) is 1.31. The van der Waals surface area contributed by atoms with Gasteiger partial charge in [-0.1, -0.05) is 0 Å². The van der Waals surface area contributed by atoms with E-state index in [2.05, 4.69) is 4.74 Å². The van der Waals surface area contributed by atoms with Crippen molar-refractivity contribution >= 4 is 11.8 Å². The van der Waals surface area contributed by atoms with Crippen molar-refractivity contribution in [3.8, 4) is 0 Å². The lowest BCUT2D eigenvalue weighted by molar-refractivity contribution is -0.140. The van der Waals surface area contributed by atoms with E-state index in [1.807, 2.05) is 0 Å². The van der Waals surface area contributed by atoms with Crippen molar-refractivity contribution in [3.63, 3.8) is 0 Å². The Balaban J connectivity index is 3.54. The Kier molecular flexibility index (Phi) is 4.45. The molecule has 4 heteroatoms. The van der Waals surface area contributed by atoms with Crippen molar-refractivity contribution in [3.05, 3.63) is 0 Å². The fraction of sp³-hybridized carbons (Fsp3) is 0.714. The Bertz CT molecular complexity index is 156. The molecule has 0 spiro atoms. The van der Waals surface area contributed by atoms with Gasteiger partial charge in [0.1, 0.15) is 5.78 Å². The summed E-state index contributed by atoms with van der Waals surface area (Å²) in [5.74, 6) is -0.435. The van der Waals surface area contributed by atoms with Gasteiger partial charge in [-0.2, -0.15) is 0 Å². The van der Waals surface area contributed by atoms with E-state index in [-0.39, 0.29) is 18.2 Å². The number of esters is 1.